The minimum Gasteiger partial charge on any atom is -0.446 e. The van der Waals surface area contributed by atoms with Gasteiger partial charge >= 0.3 is 6.09 Å². The van der Waals surface area contributed by atoms with Gasteiger partial charge in [0.05, 0.1) is 5.60 Å². The highest BCUT2D eigenvalue weighted by molar-refractivity contribution is 5.84. The van der Waals surface area contributed by atoms with Gasteiger partial charge in [0.2, 0.25) is 0 Å². The van der Waals surface area contributed by atoms with Crippen LogP contribution in [0.5, 0.6) is 0 Å². The normalized spacial score (nSPS) is 12.8. The van der Waals surface area contributed by atoms with Crippen molar-refractivity contribution >= 4 is 11.8 Å². The van der Waals surface area contributed by atoms with Crippen molar-refractivity contribution in [1.82, 2.24) is 0 Å². The van der Waals surface area contributed by atoms with Gasteiger partial charge in [-0.2, -0.15) is 0 Å². The van der Waals surface area contributed by atoms with Crippen LogP contribution in [-0.4, -0.2) is 22.9 Å². The molecule has 1 atom stereocenters. The minimum atomic E-state index is -0.661. The molecule has 0 saturated heterocycles. The molecule has 1 amide bonds. The molecule has 0 spiro atoms. The zero-order chi connectivity index (χ0) is 14.3. The fourth-order valence-electron chi connectivity index (χ4n) is 1.73. The quantitative estimate of drug-likeness (QED) is 0.826. The molecule has 0 heterocycles. The predicted octanol–water partition coefficient (Wildman–Crippen LogP) is 3.56. The number of aliphatic hydroxyl groups is 1. The van der Waals surface area contributed by atoms with Crippen molar-refractivity contribution in [3.63, 3.8) is 0 Å². The Morgan fingerprint density at radius 2 is 2.00 bits per heavy atom. The Kier molecular flexibility index (Phi) is 5.83. The number of amides is 1. The van der Waals surface area contributed by atoms with E-state index in [-0.39, 0.29) is 6.10 Å². The largest absolute Gasteiger partial charge is 0.446 e. The average molecular weight is 265 g/mol. The number of hydrogen-bond donors (Lipinski definition) is 2. The van der Waals surface area contributed by atoms with E-state index in [9.17, 15) is 9.90 Å². The maximum Gasteiger partial charge on any atom is 0.411 e. The first-order valence-electron chi connectivity index (χ1n) is 6.62. The van der Waals surface area contributed by atoms with Crippen molar-refractivity contribution in [2.45, 2.75) is 51.7 Å². The molecule has 0 bridgehead atoms. The number of para-hydroxylation sites is 1. The third kappa shape index (κ3) is 7.47. The summed E-state index contributed by atoms with van der Waals surface area (Å²) in [6.45, 7) is 5.41. The second kappa shape index (κ2) is 7.14. The van der Waals surface area contributed by atoms with Gasteiger partial charge in [-0.05, 0) is 52.2 Å². The van der Waals surface area contributed by atoms with E-state index in [1.54, 1.807) is 26.0 Å². The van der Waals surface area contributed by atoms with E-state index in [1.807, 2.05) is 25.1 Å². The summed E-state index contributed by atoms with van der Waals surface area (Å²) in [5, 5.41) is 12.3. The van der Waals surface area contributed by atoms with Crippen LogP contribution in [0.3, 0.4) is 0 Å². The van der Waals surface area contributed by atoms with Gasteiger partial charge in [-0.1, -0.05) is 18.2 Å². The lowest BCUT2D eigenvalue weighted by Gasteiger charge is -2.18. The lowest BCUT2D eigenvalue weighted by molar-refractivity contribution is 0.0610. The molecule has 0 radical (unpaired) electrons. The summed E-state index contributed by atoms with van der Waals surface area (Å²) >= 11 is 0. The SMILES string of the molecule is CC(CCCC(C)(C)O)OC(=O)Nc1ccccc1. The molecule has 2 N–H and O–H groups in total. The Labute approximate surface area is 114 Å². The van der Waals surface area contributed by atoms with Crippen molar-refractivity contribution in [2.24, 2.45) is 0 Å². The van der Waals surface area contributed by atoms with Crippen molar-refractivity contribution in [3.05, 3.63) is 30.3 Å². The van der Waals surface area contributed by atoms with Gasteiger partial charge in [-0.25, -0.2) is 4.79 Å². The Morgan fingerprint density at radius 1 is 1.37 bits per heavy atom. The zero-order valence-electron chi connectivity index (χ0n) is 11.8. The summed E-state index contributed by atoms with van der Waals surface area (Å²) in [6.07, 6.45) is 1.66. The minimum absolute atomic E-state index is 0.161. The first kappa shape index (κ1) is 15.5. The summed E-state index contributed by atoms with van der Waals surface area (Å²) in [5.74, 6) is 0. The summed E-state index contributed by atoms with van der Waals surface area (Å²) in [7, 11) is 0. The van der Waals surface area contributed by atoms with Gasteiger partial charge in [0.25, 0.3) is 0 Å². The molecule has 0 saturated carbocycles. The highest BCUT2D eigenvalue weighted by atomic mass is 16.6. The third-order valence-corrected chi connectivity index (χ3v) is 2.73. The standard InChI is InChI=1S/C15H23NO3/c1-12(8-7-11-15(2,3)18)19-14(17)16-13-9-5-4-6-10-13/h4-6,9-10,12,18H,7-8,11H2,1-3H3,(H,16,17). The highest BCUT2D eigenvalue weighted by Gasteiger charge is 2.14. The van der Waals surface area contributed by atoms with Gasteiger partial charge in [0.15, 0.2) is 0 Å². The van der Waals surface area contributed by atoms with Crippen LogP contribution >= 0.6 is 0 Å². The molecular weight excluding hydrogens is 242 g/mol. The smallest absolute Gasteiger partial charge is 0.411 e. The molecule has 1 rings (SSSR count). The molecule has 0 aliphatic heterocycles. The molecule has 4 heteroatoms. The van der Waals surface area contributed by atoms with Crippen LogP contribution in [0.15, 0.2) is 30.3 Å². The first-order valence-corrected chi connectivity index (χ1v) is 6.62. The number of hydrogen-bond acceptors (Lipinski definition) is 3. The number of carbonyl (C=O) groups is 1. The number of anilines is 1. The van der Waals surface area contributed by atoms with Crippen LogP contribution < -0.4 is 5.32 Å². The van der Waals surface area contributed by atoms with E-state index in [1.165, 1.54) is 0 Å². The molecule has 1 unspecified atom stereocenters. The van der Waals surface area contributed by atoms with Crippen LogP contribution in [0.1, 0.15) is 40.0 Å². The lowest BCUT2D eigenvalue weighted by atomic mass is 10.0. The number of benzene rings is 1. The van der Waals surface area contributed by atoms with Crippen LogP contribution in [0.25, 0.3) is 0 Å². The van der Waals surface area contributed by atoms with E-state index in [2.05, 4.69) is 5.32 Å². The Morgan fingerprint density at radius 3 is 2.58 bits per heavy atom. The topological polar surface area (TPSA) is 58.6 Å². The van der Waals surface area contributed by atoms with Crippen LogP contribution in [0, 0.1) is 0 Å². The Balaban J connectivity index is 2.25. The van der Waals surface area contributed by atoms with Crippen LogP contribution in [0.2, 0.25) is 0 Å². The monoisotopic (exact) mass is 265 g/mol. The Bertz CT molecular complexity index is 384. The second-order valence-electron chi connectivity index (χ2n) is 5.41. The van der Waals surface area contributed by atoms with E-state index in [0.717, 1.165) is 18.5 Å². The van der Waals surface area contributed by atoms with Gasteiger partial charge in [0, 0.05) is 5.69 Å². The lowest BCUT2D eigenvalue weighted by Crippen LogP contribution is -2.22. The van der Waals surface area contributed by atoms with Crippen molar-refractivity contribution < 1.29 is 14.6 Å². The van der Waals surface area contributed by atoms with Crippen molar-refractivity contribution in [3.8, 4) is 0 Å². The summed E-state index contributed by atoms with van der Waals surface area (Å²) in [4.78, 5) is 11.6. The van der Waals surface area contributed by atoms with Gasteiger partial charge in [0.1, 0.15) is 6.10 Å². The number of rotatable bonds is 6. The average Bonchev–Trinajstić information content (AvgIpc) is 2.28. The third-order valence-electron chi connectivity index (χ3n) is 2.73. The molecule has 106 valence electrons. The van der Waals surface area contributed by atoms with Gasteiger partial charge < -0.3 is 9.84 Å². The number of ether oxygens (including phenoxy) is 1. The molecule has 0 fully saturated rings. The summed E-state index contributed by atoms with van der Waals surface area (Å²) < 4.78 is 5.24. The predicted molar refractivity (Wildman–Crippen MR) is 76.2 cm³/mol. The molecule has 0 aromatic heterocycles. The molecule has 19 heavy (non-hydrogen) atoms. The van der Waals surface area contributed by atoms with Crippen LogP contribution in [-0.2, 0) is 4.74 Å². The highest BCUT2D eigenvalue weighted by Crippen LogP contribution is 2.15. The first-order chi connectivity index (χ1) is 8.87. The number of nitrogens with one attached hydrogen (secondary N) is 1. The molecule has 0 aliphatic carbocycles. The second-order valence-corrected chi connectivity index (χ2v) is 5.41. The maximum atomic E-state index is 11.6. The van der Waals surface area contributed by atoms with Gasteiger partial charge in [-0.3, -0.25) is 5.32 Å². The zero-order valence-corrected chi connectivity index (χ0v) is 11.8. The Hall–Kier alpha value is -1.55. The fraction of sp³-hybridized carbons (Fsp3) is 0.533. The summed E-state index contributed by atoms with van der Waals surface area (Å²) in [5.41, 5.74) is 0.0580. The summed E-state index contributed by atoms with van der Waals surface area (Å²) in [6, 6.07) is 9.20. The molecule has 1 aromatic rings. The van der Waals surface area contributed by atoms with Gasteiger partial charge in [-0.15, -0.1) is 0 Å². The van der Waals surface area contributed by atoms with Crippen LogP contribution in [0.4, 0.5) is 10.5 Å². The van der Waals surface area contributed by atoms with Crippen molar-refractivity contribution in [2.75, 3.05) is 5.32 Å². The maximum absolute atomic E-state index is 11.6. The van der Waals surface area contributed by atoms with E-state index >= 15 is 0 Å². The molecule has 0 aliphatic rings. The number of carbonyl (C=O) groups excluding carboxylic acids is 1. The molecule has 1 aromatic carbocycles. The fourth-order valence-corrected chi connectivity index (χ4v) is 1.73. The molecule has 4 nitrogen and oxygen atoms in total. The van der Waals surface area contributed by atoms with E-state index in [4.69, 9.17) is 4.74 Å². The van der Waals surface area contributed by atoms with E-state index in [0.29, 0.717) is 6.42 Å². The van der Waals surface area contributed by atoms with Crippen molar-refractivity contribution in [1.29, 1.82) is 0 Å². The molecular formula is C15H23NO3. The van der Waals surface area contributed by atoms with E-state index < -0.39 is 11.7 Å².